The van der Waals surface area contributed by atoms with E-state index in [0.717, 1.165) is 11.5 Å². The molecule has 0 aliphatic heterocycles. The van der Waals surface area contributed by atoms with Crippen LogP contribution in [0.4, 0.5) is 4.39 Å². The average molecular weight is 356 g/mol. The fourth-order valence-electron chi connectivity index (χ4n) is 3.18. The molecule has 0 atom stereocenters. The Morgan fingerprint density at radius 3 is 2.29 bits per heavy atom. The van der Waals surface area contributed by atoms with E-state index in [1.807, 2.05) is 30.3 Å². The van der Waals surface area contributed by atoms with E-state index in [9.17, 15) is 4.39 Å². The fraction of sp³-hybridized carbons (Fsp3) is 0.368. The SMILES string of the molecule is CC1CCC(c2ccc(-c3cc[c-]cc3)c(F)c2)CC1.[Y+3]. The molecule has 1 fully saturated rings. The van der Waals surface area contributed by atoms with Crippen molar-refractivity contribution < 1.29 is 37.1 Å². The minimum Gasteiger partial charge on any atom is -0.206 e. The molecule has 2 aromatic carbocycles. The van der Waals surface area contributed by atoms with Crippen molar-refractivity contribution in [3.8, 4) is 11.1 Å². The third-order valence-electron chi connectivity index (χ3n) is 4.51. The van der Waals surface area contributed by atoms with E-state index in [2.05, 4.69) is 19.1 Å². The van der Waals surface area contributed by atoms with E-state index < -0.39 is 0 Å². The number of rotatable bonds is 2. The van der Waals surface area contributed by atoms with Crippen molar-refractivity contribution in [3.05, 3.63) is 59.9 Å². The molecule has 21 heavy (non-hydrogen) atoms. The molecule has 1 aliphatic rings. The van der Waals surface area contributed by atoms with Crippen LogP contribution in [0.2, 0.25) is 0 Å². The van der Waals surface area contributed by atoms with Crippen molar-refractivity contribution >= 4 is 0 Å². The van der Waals surface area contributed by atoms with Gasteiger partial charge in [0.25, 0.3) is 0 Å². The first-order valence-electron chi connectivity index (χ1n) is 7.50. The second kappa shape index (κ2) is 7.65. The summed E-state index contributed by atoms with van der Waals surface area (Å²) in [5, 5.41) is 0. The Hall–Kier alpha value is -0.526. The van der Waals surface area contributed by atoms with Crippen molar-refractivity contribution in [2.24, 2.45) is 5.92 Å². The van der Waals surface area contributed by atoms with Gasteiger partial charge in [0.15, 0.2) is 0 Å². The predicted molar refractivity (Wildman–Crippen MR) is 81.0 cm³/mol. The molecule has 0 bridgehead atoms. The van der Waals surface area contributed by atoms with Gasteiger partial charge in [-0.2, -0.15) is 30.3 Å². The van der Waals surface area contributed by atoms with Crippen LogP contribution in [0.25, 0.3) is 11.1 Å². The Morgan fingerprint density at radius 1 is 1.00 bits per heavy atom. The largest absolute Gasteiger partial charge is 3.00 e. The molecule has 1 aliphatic carbocycles. The Bertz CT molecular complexity index is 571. The van der Waals surface area contributed by atoms with Gasteiger partial charge in [0, 0.05) is 0 Å². The smallest absolute Gasteiger partial charge is 0.206 e. The Labute approximate surface area is 152 Å². The van der Waals surface area contributed by atoms with E-state index >= 15 is 0 Å². The Kier molecular flexibility index (Phi) is 6.13. The van der Waals surface area contributed by atoms with Crippen LogP contribution in [-0.4, -0.2) is 0 Å². The predicted octanol–water partition coefficient (Wildman–Crippen LogP) is 5.58. The summed E-state index contributed by atoms with van der Waals surface area (Å²) in [5.41, 5.74) is 2.78. The molecule has 0 unspecified atom stereocenters. The maximum Gasteiger partial charge on any atom is 3.00 e. The third-order valence-corrected chi connectivity index (χ3v) is 4.51. The van der Waals surface area contributed by atoms with Crippen molar-refractivity contribution in [3.63, 3.8) is 0 Å². The molecule has 0 heterocycles. The standard InChI is InChI=1S/C19H20F.Y/c1-14-7-9-15(10-8-14)17-11-12-18(19(20)13-17)16-5-3-2-4-6-16;/h3-6,11-15H,7-10H2,1H3;/q-1;+3. The summed E-state index contributed by atoms with van der Waals surface area (Å²) in [7, 11) is 0. The average Bonchev–Trinajstić information content (AvgIpc) is 2.49. The van der Waals surface area contributed by atoms with Crippen LogP contribution >= 0.6 is 0 Å². The number of hydrogen-bond acceptors (Lipinski definition) is 0. The number of hydrogen-bond donors (Lipinski definition) is 0. The van der Waals surface area contributed by atoms with E-state index in [0.29, 0.717) is 11.5 Å². The number of benzene rings is 2. The molecular weight excluding hydrogens is 336 g/mol. The molecule has 104 valence electrons. The first kappa shape index (κ1) is 16.8. The zero-order valence-electron chi connectivity index (χ0n) is 12.5. The van der Waals surface area contributed by atoms with Crippen LogP contribution in [-0.2, 0) is 32.7 Å². The summed E-state index contributed by atoms with van der Waals surface area (Å²) in [6.07, 6.45) is 4.92. The normalized spacial score (nSPS) is 21.6. The van der Waals surface area contributed by atoms with Gasteiger partial charge in [-0.05, 0) is 41.9 Å². The van der Waals surface area contributed by atoms with Gasteiger partial charge in [-0.1, -0.05) is 31.9 Å². The van der Waals surface area contributed by atoms with Gasteiger partial charge in [0.2, 0.25) is 0 Å². The summed E-state index contributed by atoms with van der Waals surface area (Å²) >= 11 is 0. The van der Waals surface area contributed by atoms with Crippen LogP contribution in [0.1, 0.15) is 44.1 Å². The summed E-state index contributed by atoms with van der Waals surface area (Å²) in [4.78, 5) is 0. The van der Waals surface area contributed by atoms with E-state index in [1.165, 1.54) is 31.2 Å². The van der Waals surface area contributed by atoms with Crippen molar-refractivity contribution in [1.82, 2.24) is 0 Å². The van der Waals surface area contributed by atoms with E-state index in [-0.39, 0.29) is 38.5 Å². The minimum absolute atomic E-state index is 0. The second-order valence-electron chi connectivity index (χ2n) is 5.98. The van der Waals surface area contributed by atoms with Crippen LogP contribution in [0.15, 0.2) is 42.5 Å². The monoisotopic (exact) mass is 356 g/mol. The minimum atomic E-state index is -0.104. The zero-order chi connectivity index (χ0) is 13.9. The maximum atomic E-state index is 14.4. The molecule has 2 aromatic rings. The second-order valence-corrected chi connectivity index (χ2v) is 5.98. The van der Waals surface area contributed by atoms with Crippen molar-refractivity contribution in [2.45, 2.75) is 38.5 Å². The van der Waals surface area contributed by atoms with E-state index in [1.54, 1.807) is 6.07 Å². The molecule has 0 spiro atoms. The zero-order valence-corrected chi connectivity index (χ0v) is 15.3. The topological polar surface area (TPSA) is 0 Å². The quantitative estimate of drug-likeness (QED) is 0.616. The van der Waals surface area contributed by atoms with Gasteiger partial charge in [-0.3, -0.25) is 0 Å². The first-order chi connectivity index (χ1) is 9.74. The summed E-state index contributed by atoms with van der Waals surface area (Å²) in [6, 6.07) is 16.2. The fourth-order valence-corrected chi connectivity index (χ4v) is 3.18. The molecule has 1 saturated carbocycles. The van der Waals surface area contributed by atoms with Crippen LogP contribution < -0.4 is 0 Å². The van der Waals surface area contributed by atoms with Crippen molar-refractivity contribution in [2.75, 3.05) is 0 Å². The van der Waals surface area contributed by atoms with Gasteiger partial charge in [-0.15, -0.1) is 5.56 Å². The van der Waals surface area contributed by atoms with Crippen LogP contribution in [0.5, 0.6) is 0 Å². The van der Waals surface area contributed by atoms with Crippen molar-refractivity contribution in [1.29, 1.82) is 0 Å². The molecule has 0 amide bonds. The van der Waals surface area contributed by atoms with Gasteiger partial charge >= 0.3 is 32.7 Å². The molecule has 0 radical (unpaired) electrons. The van der Waals surface area contributed by atoms with Crippen LogP contribution in [0, 0.1) is 17.8 Å². The molecule has 0 nitrogen and oxygen atoms in total. The summed E-state index contributed by atoms with van der Waals surface area (Å²) in [5.74, 6) is 1.27. The Morgan fingerprint density at radius 2 is 1.67 bits per heavy atom. The van der Waals surface area contributed by atoms with Gasteiger partial charge in [-0.25, -0.2) is 4.39 Å². The molecule has 0 N–H and O–H groups in total. The van der Waals surface area contributed by atoms with E-state index in [4.69, 9.17) is 0 Å². The Balaban J connectivity index is 0.00000161. The third kappa shape index (κ3) is 4.02. The van der Waals surface area contributed by atoms with Gasteiger partial charge in [0.1, 0.15) is 5.82 Å². The molecular formula is C19H20FY+2. The van der Waals surface area contributed by atoms with Gasteiger partial charge < -0.3 is 0 Å². The molecule has 0 saturated heterocycles. The summed E-state index contributed by atoms with van der Waals surface area (Å²) < 4.78 is 14.4. The molecule has 3 rings (SSSR count). The van der Waals surface area contributed by atoms with Gasteiger partial charge in [0.05, 0.1) is 0 Å². The first-order valence-corrected chi connectivity index (χ1v) is 7.50. The molecule has 0 aromatic heterocycles. The maximum absolute atomic E-state index is 14.4. The molecule has 2 heteroatoms. The van der Waals surface area contributed by atoms with Crippen LogP contribution in [0.3, 0.4) is 0 Å². The summed E-state index contributed by atoms with van der Waals surface area (Å²) in [6.45, 7) is 2.31. The number of halogens is 1.